The molecular formula is C14H30N2O. The van der Waals surface area contributed by atoms with Crippen molar-refractivity contribution in [2.24, 2.45) is 11.8 Å². The Morgan fingerprint density at radius 3 is 2.41 bits per heavy atom. The van der Waals surface area contributed by atoms with E-state index in [4.69, 9.17) is 10.6 Å². The van der Waals surface area contributed by atoms with E-state index < -0.39 is 0 Å². The average Bonchev–Trinajstić information content (AvgIpc) is 2.39. The molecule has 0 aromatic heterocycles. The number of nitrogens with two attached hydrogens (primary N) is 1. The second-order valence-corrected chi connectivity index (χ2v) is 5.28. The second kappa shape index (κ2) is 9.86. The Kier molecular flexibility index (Phi) is 8.67. The predicted molar refractivity (Wildman–Crippen MR) is 72.6 cm³/mol. The van der Waals surface area contributed by atoms with Gasteiger partial charge >= 0.3 is 0 Å². The van der Waals surface area contributed by atoms with Crippen molar-refractivity contribution in [2.75, 3.05) is 13.2 Å². The third-order valence-corrected chi connectivity index (χ3v) is 3.92. The van der Waals surface area contributed by atoms with Crippen molar-refractivity contribution in [1.29, 1.82) is 0 Å². The first-order valence-electron chi connectivity index (χ1n) is 7.42. The lowest BCUT2D eigenvalue weighted by molar-refractivity contribution is 0.0522. The molecule has 0 bridgehead atoms. The molecule has 0 spiro atoms. The van der Waals surface area contributed by atoms with E-state index in [9.17, 15) is 0 Å². The predicted octanol–water partition coefficient (Wildman–Crippen LogP) is 3.00. The van der Waals surface area contributed by atoms with Gasteiger partial charge in [0.15, 0.2) is 0 Å². The largest absolute Gasteiger partial charge is 0.381 e. The molecular weight excluding hydrogens is 212 g/mol. The highest BCUT2D eigenvalue weighted by molar-refractivity contribution is 4.76. The zero-order valence-electron chi connectivity index (χ0n) is 11.4. The van der Waals surface area contributed by atoms with E-state index in [0.717, 1.165) is 19.1 Å². The first-order chi connectivity index (χ1) is 8.38. The molecule has 1 atom stereocenters. The van der Waals surface area contributed by atoms with E-state index in [1.165, 1.54) is 57.8 Å². The maximum absolute atomic E-state index is 5.68. The fourth-order valence-corrected chi connectivity index (χ4v) is 2.72. The maximum Gasteiger partial charge on any atom is 0.0469 e. The molecule has 1 rings (SSSR count). The highest BCUT2D eigenvalue weighted by Crippen LogP contribution is 2.22. The summed E-state index contributed by atoms with van der Waals surface area (Å²) in [7, 11) is 0. The molecule has 1 heterocycles. The lowest BCUT2D eigenvalue weighted by atomic mass is 9.88. The molecule has 1 aliphatic rings. The van der Waals surface area contributed by atoms with Crippen LogP contribution in [0.5, 0.6) is 0 Å². The van der Waals surface area contributed by atoms with Gasteiger partial charge in [-0.3, -0.25) is 11.3 Å². The summed E-state index contributed by atoms with van der Waals surface area (Å²) in [6.45, 7) is 4.10. The minimum Gasteiger partial charge on any atom is -0.381 e. The molecule has 1 unspecified atom stereocenters. The molecule has 1 fully saturated rings. The van der Waals surface area contributed by atoms with Crippen LogP contribution in [0.1, 0.15) is 64.7 Å². The summed E-state index contributed by atoms with van der Waals surface area (Å²) < 4.78 is 5.40. The van der Waals surface area contributed by atoms with Gasteiger partial charge in [-0.05, 0) is 25.2 Å². The molecule has 0 amide bonds. The van der Waals surface area contributed by atoms with Gasteiger partial charge in [0.05, 0.1) is 0 Å². The van der Waals surface area contributed by atoms with Crippen LogP contribution in [0.2, 0.25) is 0 Å². The summed E-state index contributed by atoms with van der Waals surface area (Å²) in [5.74, 6) is 6.40. The molecule has 0 aromatic carbocycles. The van der Waals surface area contributed by atoms with Crippen LogP contribution >= 0.6 is 0 Å². The van der Waals surface area contributed by atoms with Crippen LogP contribution in [0.25, 0.3) is 0 Å². The molecule has 1 saturated heterocycles. The zero-order valence-corrected chi connectivity index (χ0v) is 11.4. The highest BCUT2D eigenvalue weighted by Gasteiger charge is 2.22. The zero-order chi connectivity index (χ0) is 12.3. The van der Waals surface area contributed by atoms with Crippen LogP contribution in [0.4, 0.5) is 0 Å². The maximum atomic E-state index is 5.68. The van der Waals surface area contributed by atoms with Crippen LogP contribution in [0.15, 0.2) is 0 Å². The van der Waals surface area contributed by atoms with Gasteiger partial charge in [0.1, 0.15) is 0 Å². The summed E-state index contributed by atoms with van der Waals surface area (Å²) >= 11 is 0. The van der Waals surface area contributed by atoms with Crippen molar-refractivity contribution < 1.29 is 4.74 Å². The van der Waals surface area contributed by atoms with Gasteiger partial charge in [0.2, 0.25) is 0 Å². The second-order valence-electron chi connectivity index (χ2n) is 5.28. The van der Waals surface area contributed by atoms with Gasteiger partial charge in [-0.25, -0.2) is 0 Å². The summed E-state index contributed by atoms with van der Waals surface area (Å²) in [5, 5.41) is 0. The van der Waals surface area contributed by atoms with Crippen molar-refractivity contribution in [3.05, 3.63) is 0 Å². The lowest BCUT2D eigenvalue weighted by Crippen LogP contribution is -2.42. The lowest BCUT2D eigenvalue weighted by Gasteiger charge is -2.29. The molecule has 1 aliphatic heterocycles. The average molecular weight is 242 g/mol. The molecule has 0 aromatic rings. The van der Waals surface area contributed by atoms with Gasteiger partial charge in [-0.15, -0.1) is 0 Å². The SMILES string of the molecule is CCCCCCCCC(NN)C1CCOCC1. The molecule has 3 nitrogen and oxygen atoms in total. The number of hydrazine groups is 1. The van der Waals surface area contributed by atoms with Crippen LogP contribution in [-0.2, 0) is 4.74 Å². The third kappa shape index (κ3) is 6.39. The summed E-state index contributed by atoms with van der Waals surface area (Å²) in [6.07, 6.45) is 11.8. The molecule has 102 valence electrons. The summed E-state index contributed by atoms with van der Waals surface area (Å²) in [4.78, 5) is 0. The smallest absolute Gasteiger partial charge is 0.0469 e. The Morgan fingerprint density at radius 2 is 1.76 bits per heavy atom. The van der Waals surface area contributed by atoms with Gasteiger partial charge in [-0.1, -0.05) is 45.4 Å². The quantitative estimate of drug-likeness (QED) is 0.371. The molecule has 17 heavy (non-hydrogen) atoms. The van der Waals surface area contributed by atoms with Gasteiger partial charge in [-0.2, -0.15) is 0 Å². The minimum absolute atomic E-state index is 0.505. The Hall–Kier alpha value is -0.120. The Labute approximate surface area is 106 Å². The van der Waals surface area contributed by atoms with Crippen molar-refractivity contribution >= 4 is 0 Å². The van der Waals surface area contributed by atoms with Crippen LogP contribution in [0.3, 0.4) is 0 Å². The van der Waals surface area contributed by atoms with E-state index in [0.29, 0.717) is 6.04 Å². The topological polar surface area (TPSA) is 47.3 Å². The number of rotatable bonds is 9. The molecule has 3 heteroatoms. The van der Waals surface area contributed by atoms with Gasteiger partial charge < -0.3 is 4.74 Å². The van der Waals surface area contributed by atoms with E-state index in [1.54, 1.807) is 0 Å². The minimum atomic E-state index is 0.505. The van der Waals surface area contributed by atoms with E-state index >= 15 is 0 Å². The number of hydrogen-bond acceptors (Lipinski definition) is 3. The molecule has 0 aliphatic carbocycles. The fraction of sp³-hybridized carbons (Fsp3) is 1.00. The van der Waals surface area contributed by atoms with Crippen molar-refractivity contribution in [3.63, 3.8) is 0 Å². The Bertz CT molecular complexity index is 170. The summed E-state index contributed by atoms with van der Waals surface area (Å²) in [5.41, 5.74) is 3.02. The van der Waals surface area contributed by atoms with Crippen molar-refractivity contribution in [2.45, 2.75) is 70.8 Å². The fourth-order valence-electron chi connectivity index (χ4n) is 2.72. The van der Waals surface area contributed by atoms with Crippen LogP contribution in [0, 0.1) is 5.92 Å². The third-order valence-electron chi connectivity index (χ3n) is 3.92. The molecule has 0 saturated carbocycles. The van der Waals surface area contributed by atoms with Gasteiger partial charge in [0, 0.05) is 19.3 Å². The highest BCUT2D eigenvalue weighted by atomic mass is 16.5. The first-order valence-corrected chi connectivity index (χ1v) is 7.42. The van der Waals surface area contributed by atoms with Crippen LogP contribution in [-0.4, -0.2) is 19.3 Å². The number of ether oxygens (including phenoxy) is 1. The Balaban J connectivity index is 2.05. The number of hydrogen-bond donors (Lipinski definition) is 2. The van der Waals surface area contributed by atoms with Gasteiger partial charge in [0.25, 0.3) is 0 Å². The first kappa shape index (κ1) is 14.9. The number of nitrogens with one attached hydrogen (secondary N) is 1. The van der Waals surface area contributed by atoms with E-state index in [-0.39, 0.29) is 0 Å². The summed E-state index contributed by atoms with van der Waals surface area (Å²) in [6, 6.07) is 0.505. The van der Waals surface area contributed by atoms with Crippen molar-refractivity contribution in [1.82, 2.24) is 5.43 Å². The Morgan fingerprint density at radius 1 is 1.12 bits per heavy atom. The van der Waals surface area contributed by atoms with Crippen molar-refractivity contribution in [3.8, 4) is 0 Å². The van der Waals surface area contributed by atoms with E-state index in [1.807, 2.05) is 0 Å². The molecule has 3 N–H and O–H groups in total. The van der Waals surface area contributed by atoms with Crippen LogP contribution < -0.4 is 11.3 Å². The normalized spacial score (nSPS) is 19.4. The number of unbranched alkanes of at least 4 members (excludes halogenated alkanes) is 5. The van der Waals surface area contributed by atoms with E-state index in [2.05, 4.69) is 12.3 Å². The monoisotopic (exact) mass is 242 g/mol. The molecule has 0 radical (unpaired) electrons. The standard InChI is InChI=1S/C14H30N2O/c1-2-3-4-5-6-7-8-14(16-15)13-9-11-17-12-10-13/h13-14,16H,2-12,15H2,1H3.